The van der Waals surface area contributed by atoms with Gasteiger partial charge in [-0.15, -0.1) is 0 Å². The Morgan fingerprint density at radius 2 is 2.00 bits per heavy atom. The van der Waals surface area contributed by atoms with Gasteiger partial charge in [0, 0.05) is 25.6 Å². The monoisotopic (exact) mass is 230 g/mol. The zero-order valence-corrected chi connectivity index (χ0v) is 10.4. The summed E-state index contributed by atoms with van der Waals surface area (Å²) in [6, 6.07) is 11.0. The third-order valence-electron chi connectivity index (χ3n) is 4.14. The van der Waals surface area contributed by atoms with Crippen LogP contribution in [0.3, 0.4) is 0 Å². The lowest BCUT2D eigenvalue weighted by Crippen LogP contribution is -2.49. The van der Waals surface area contributed by atoms with Crippen LogP contribution < -0.4 is 5.32 Å². The molecule has 2 saturated heterocycles. The number of piperidine rings is 1. The minimum Gasteiger partial charge on any atom is -0.316 e. The molecule has 2 heteroatoms. The summed E-state index contributed by atoms with van der Waals surface area (Å²) in [6.07, 6.45) is 2.78. The lowest BCUT2D eigenvalue weighted by atomic mass is 9.89. The van der Waals surface area contributed by atoms with Gasteiger partial charge in [-0.3, -0.25) is 0 Å². The zero-order valence-electron chi connectivity index (χ0n) is 10.4. The quantitative estimate of drug-likeness (QED) is 0.855. The van der Waals surface area contributed by atoms with E-state index >= 15 is 0 Å². The molecule has 3 rings (SSSR count). The minimum atomic E-state index is 0.785. The molecule has 0 saturated carbocycles. The highest BCUT2D eigenvalue weighted by molar-refractivity contribution is 5.22. The van der Waals surface area contributed by atoms with E-state index in [2.05, 4.69) is 40.5 Å². The van der Waals surface area contributed by atoms with E-state index in [4.69, 9.17) is 0 Å². The summed E-state index contributed by atoms with van der Waals surface area (Å²) in [5.41, 5.74) is 1.52. The smallest absolute Gasteiger partial charge is 0.00936 e. The van der Waals surface area contributed by atoms with E-state index in [1.807, 2.05) is 0 Å². The van der Waals surface area contributed by atoms with E-state index < -0.39 is 0 Å². The Labute approximate surface area is 104 Å². The molecule has 0 radical (unpaired) electrons. The van der Waals surface area contributed by atoms with Crippen molar-refractivity contribution >= 4 is 0 Å². The van der Waals surface area contributed by atoms with Crippen molar-refractivity contribution in [2.45, 2.75) is 18.8 Å². The fourth-order valence-corrected chi connectivity index (χ4v) is 3.10. The summed E-state index contributed by atoms with van der Waals surface area (Å²) in [4.78, 5) is 2.62. The van der Waals surface area contributed by atoms with Gasteiger partial charge in [-0.05, 0) is 37.4 Å². The van der Waals surface area contributed by atoms with Crippen LogP contribution in [0, 0.1) is 5.92 Å². The van der Waals surface area contributed by atoms with Gasteiger partial charge in [0.1, 0.15) is 0 Å². The van der Waals surface area contributed by atoms with Gasteiger partial charge >= 0.3 is 0 Å². The van der Waals surface area contributed by atoms with Crippen LogP contribution in [0.25, 0.3) is 0 Å². The Bertz CT molecular complexity index is 337. The maximum atomic E-state index is 3.50. The number of rotatable bonds is 3. The van der Waals surface area contributed by atoms with Crippen molar-refractivity contribution < 1.29 is 0 Å². The number of likely N-dealkylation sites (tertiary alicyclic amines) is 1. The van der Waals surface area contributed by atoms with Gasteiger partial charge in [-0.1, -0.05) is 30.3 Å². The SMILES string of the molecule is c1ccc(C2CN(CC3CCCNC3)C2)cc1. The van der Waals surface area contributed by atoms with Crippen LogP contribution in [-0.2, 0) is 0 Å². The third kappa shape index (κ3) is 2.70. The third-order valence-corrected chi connectivity index (χ3v) is 4.14. The number of nitrogens with one attached hydrogen (secondary N) is 1. The van der Waals surface area contributed by atoms with Crippen molar-refractivity contribution in [1.29, 1.82) is 0 Å². The molecule has 1 atom stereocenters. The minimum absolute atomic E-state index is 0.785. The molecule has 0 spiro atoms. The Hall–Kier alpha value is -0.860. The summed E-state index contributed by atoms with van der Waals surface area (Å²) in [5, 5.41) is 3.50. The van der Waals surface area contributed by atoms with Crippen LogP contribution in [0.5, 0.6) is 0 Å². The Balaban J connectivity index is 1.45. The fourth-order valence-electron chi connectivity index (χ4n) is 3.10. The molecule has 1 aromatic carbocycles. The highest BCUT2D eigenvalue weighted by Gasteiger charge is 2.29. The highest BCUT2D eigenvalue weighted by Crippen LogP contribution is 2.28. The average molecular weight is 230 g/mol. The van der Waals surface area contributed by atoms with Crippen LogP contribution >= 0.6 is 0 Å². The molecule has 1 unspecified atom stereocenters. The van der Waals surface area contributed by atoms with Crippen LogP contribution in [0.15, 0.2) is 30.3 Å². The summed E-state index contributed by atoms with van der Waals surface area (Å²) in [7, 11) is 0. The number of hydrogen-bond donors (Lipinski definition) is 1. The van der Waals surface area contributed by atoms with Crippen molar-refractivity contribution in [2.24, 2.45) is 5.92 Å². The maximum absolute atomic E-state index is 3.50. The molecule has 1 N–H and O–H groups in total. The zero-order chi connectivity index (χ0) is 11.5. The molecule has 0 amide bonds. The second-order valence-electron chi connectivity index (χ2n) is 5.54. The maximum Gasteiger partial charge on any atom is 0.00936 e. The molecule has 0 aromatic heterocycles. The van der Waals surface area contributed by atoms with Gasteiger partial charge in [0.25, 0.3) is 0 Å². The van der Waals surface area contributed by atoms with Gasteiger partial charge in [-0.25, -0.2) is 0 Å². The predicted octanol–water partition coefficient (Wildman–Crippen LogP) is 2.09. The Morgan fingerprint density at radius 1 is 1.18 bits per heavy atom. The lowest BCUT2D eigenvalue weighted by molar-refractivity contribution is 0.115. The van der Waals surface area contributed by atoms with Gasteiger partial charge in [0.05, 0.1) is 0 Å². The first-order chi connectivity index (χ1) is 8.42. The molecule has 2 nitrogen and oxygen atoms in total. The number of nitrogens with zero attached hydrogens (tertiary/aromatic N) is 1. The van der Waals surface area contributed by atoms with Crippen molar-refractivity contribution in [2.75, 3.05) is 32.7 Å². The topological polar surface area (TPSA) is 15.3 Å². The first kappa shape index (κ1) is 11.2. The predicted molar refractivity (Wildman–Crippen MR) is 71.2 cm³/mol. The second-order valence-corrected chi connectivity index (χ2v) is 5.54. The van der Waals surface area contributed by atoms with E-state index in [1.165, 1.54) is 51.1 Å². The largest absolute Gasteiger partial charge is 0.316 e. The lowest BCUT2D eigenvalue weighted by Gasteiger charge is -2.42. The molecular formula is C15H22N2. The van der Waals surface area contributed by atoms with Crippen LogP contribution in [-0.4, -0.2) is 37.6 Å². The molecular weight excluding hydrogens is 208 g/mol. The van der Waals surface area contributed by atoms with Crippen molar-refractivity contribution in [3.8, 4) is 0 Å². The number of benzene rings is 1. The van der Waals surface area contributed by atoms with E-state index in [0.717, 1.165) is 11.8 Å². The second kappa shape index (κ2) is 5.19. The van der Waals surface area contributed by atoms with E-state index in [1.54, 1.807) is 0 Å². The van der Waals surface area contributed by atoms with Gasteiger partial charge < -0.3 is 10.2 Å². The summed E-state index contributed by atoms with van der Waals surface area (Å²) in [5.74, 6) is 1.67. The summed E-state index contributed by atoms with van der Waals surface area (Å²) < 4.78 is 0. The molecule has 0 bridgehead atoms. The number of hydrogen-bond acceptors (Lipinski definition) is 2. The van der Waals surface area contributed by atoms with Crippen molar-refractivity contribution in [3.05, 3.63) is 35.9 Å². The molecule has 2 fully saturated rings. The molecule has 2 aliphatic rings. The van der Waals surface area contributed by atoms with E-state index in [-0.39, 0.29) is 0 Å². The molecule has 2 aliphatic heterocycles. The molecule has 92 valence electrons. The molecule has 0 aliphatic carbocycles. The average Bonchev–Trinajstić information content (AvgIpc) is 2.36. The Kier molecular flexibility index (Phi) is 3.44. The van der Waals surface area contributed by atoms with Crippen LogP contribution in [0.2, 0.25) is 0 Å². The van der Waals surface area contributed by atoms with Crippen molar-refractivity contribution in [3.63, 3.8) is 0 Å². The normalized spacial score (nSPS) is 26.7. The Morgan fingerprint density at radius 3 is 2.71 bits per heavy atom. The van der Waals surface area contributed by atoms with Gasteiger partial charge in [-0.2, -0.15) is 0 Å². The standard InChI is InChI=1S/C15H22N2/c1-2-6-14(7-3-1)15-11-17(12-15)10-13-5-4-8-16-9-13/h1-3,6-7,13,15-16H,4-5,8-12H2. The van der Waals surface area contributed by atoms with Crippen LogP contribution in [0.4, 0.5) is 0 Å². The van der Waals surface area contributed by atoms with Crippen molar-refractivity contribution in [1.82, 2.24) is 10.2 Å². The van der Waals surface area contributed by atoms with Gasteiger partial charge in [0.2, 0.25) is 0 Å². The van der Waals surface area contributed by atoms with Crippen LogP contribution in [0.1, 0.15) is 24.3 Å². The summed E-state index contributed by atoms with van der Waals surface area (Å²) in [6.45, 7) is 6.28. The summed E-state index contributed by atoms with van der Waals surface area (Å²) >= 11 is 0. The van der Waals surface area contributed by atoms with E-state index in [0.29, 0.717) is 0 Å². The first-order valence-electron chi connectivity index (χ1n) is 6.90. The van der Waals surface area contributed by atoms with Gasteiger partial charge in [0.15, 0.2) is 0 Å². The molecule has 2 heterocycles. The first-order valence-corrected chi connectivity index (χ1v) is 6.90. The van der Waals surface area contributed by atoms with E-state index in [9.17, 15) is 0 Å². The molecule has 1 aromatic rings. The highest BCUT2D eigenvalue weighted by atomic mass is 15.2. The fraction of sp³-hybridized carbons (Fsp3) is 0.600. The molecule has 17 heavy (non-hydrogen) atoms.